The van der Waals surface area contributed by atoms with Crippen LogP contribution in [0, 0.1) is 0 Å². The molecule has 1 atom stereocenters. The van der Waals surface area contributed by atoms with E-state index in [1.54, 1.807) is 0 Å². The van der Waals surface area contributed by atoms with E-state index < -0.39 is 9.84 Å². The maximum absolute atomic E-state index is 11.1. The third-order valence-corrected chi connectivity index (χ3v) is 4.17. The number of sulfone groups is 1. The molecule has 0 aromatic heterocycles. The Bertz CT molecular complexity index is 311. The highest BCUT2D eigenvalue weighted by Gasteiger charge is 2.14. The van der Waals surface area contributed by atoms with Gasteiger partial charge in [0.05, 0.1) is 5.75 Å². The summed E-state index contributed by atoms with van der Waals surface area (Å²) in [4.78, 5) is 4.75. The Labute approximate surface area is 105 Å². The summed E-state index contributed by atoms with van der Waals surface area (Å²) in [6, 6.07) is 0.0393. The maximum atomic E-state index is 11.1. The van der Waals surface area contributed by atoms with Crippen LogP contribution in [-0.4, -0.2) is 82.6 Å². The molecule has 102 valence electrons. The summed E-state index contributed by atoms with van der Waals surface area (Å²) in [6.07, 6.45) is 1.28. The molecule has 0 spiro atoms. The van der Waals surface area contributed by atoms with Gasteiger partial charge in [0, 0.05) is 51.6 Å². The van der Waals surface area contributed by atoms with Crippen LogP contribution in [0.25, 0.3) is 0 Å². The van der Waals surface area contributed by atoms with Crippen molar-refractivity contribution in [3.8, 4) is 0 Å². The van der Waals surface area contributed by atoms with Crippen LogP contribution >= 0.6 is 0 Å². The van der Waals surface area contributed by atoms with Gasteiger partial charge in [0.15, 0.2) is 0 Å². The third kappa shape index (κ3) is 6.98. The van der Waals surface area contributed by atoms with Gasteiger partial charge in [-0.05, 0) is 14.0 Å². The summed E-state index contributed by atoms with van der Waals surface area (Å²) >= 11 is 0. The number of hydrogen-bond acceptors (Lipinski definition) is 5. The van der Waals surface area contributed by atoms with Gasteiger partial charge in [-0.2, -0.15) is 0 Å². The molecule has 0 radical (unpaired) electrons. The lowest BCUT2D eigenvalue weighted by Gasteiger charge is -2.32. The first kappa shape index (κ1) is 14.9. The molecule has 0 aliphatic carbocycles. The van der Waals surface area contributed by atoms with Gasteiger partial charge in [-0.1, -0.05) is 0 Å². The van der Waals surface area contributed by atoms with E-state index in [0.717, 1.165) is 39.3 Å². The lowest BCUT2D eigenvalue weighted by Crippen LogP contribution is -2.47. The van der Waals surface area contributed by atoms with E-state index in [1.165, 1.54) is 6.26 Å². The fourth-order valence-electron chi connectivity index (χ4n) is 2.05. The lowest BCUT2D eigenvalue weighted by atomic mass is 10.3. The Morgan fingerprint density at radius 3 is 2.35 bits per heavy atom. The van der Waals surface area contributed by atoms with E-state index in [-0.39, 0.29) is 11.8 Å². The Balaban J connectivity index is 2.11. The molecule has 0 bridgehead atoms. The van der Waals surface area contributed by atoms with Gasteiger partial charge in [-0.3, -0.25) is 4.90 Å². The Morgan fingerprint density at radius 1 is 1.24 bits per heavy atom. The van der Waals surface area contributed by atoms with Crippen molar-refractivity contribution < 1.29 is 8.42 Å². The summed E-state index contributed by atoms with van der Waals surface area (Å²) in [6.45, 7) is 8.25. The standard InChI is InChI=1S/C11H25N3O2S/c1-11(10-17(3,15)16)12-4-5-14-8-6-13(2)7-9-14/h11-12H,4-10H2,1-3H3. The van der Waals surface area contributed by atoms with E-state index in [9.17, 15) is 8.42 Å². The van der Waals surface area contributed by atoms with E-state index in [2.05, 4.69) is 22.2 Å². The highest BCUT2D eigenvalue weighted by Crippen LogP contribution is 1.98. The fraction of sp³-hybridized carbons (Fsp3) is 1.00. The first-order chi connectivity index (χ1) is 7.87. The normalized spacial score (nSPS) is 21.6. The summed E-state index contributed by atoms with van der Waals surface area (Å²) in [5.41, 5.74) is 0. The monoisotopic (exact) mass is 263 g/mol. The molecule has 1 N–H and O–H groups in total. The molecule has 1 fully saturated rings. The minimum absolute atomic E-state index is 0.0393. The van der Waals surface area contributed by atoms with Gasteiger partial charge in [0.2, 0.25) is 0 Å². The Kier molecular flexibility index (Phi) is 5.85. The predicted octanol–water partition coefficient (Wildman–Crippen LogP) is -0.743. The van der Waals surface area contributed by atoms with Crippen molar-refractivity contribution in [2.45, 2.75) is 13.0 Å². The molecule has 1 heterocycles. The molecular weight excluding hydrogens is 238 g/mol. The lowest BCUT2D eigenvalue weighted by molar-refractivity contribution is 0.154. The zero-order chi connectivity index (χ0) is 12.9. The van der Waals surface area contributed by atoms with Gasteiger partial charge in [-0.15, -0.1) is 0 Å². The van der Waals surface area contributed by atoms with Gasteiger partial charge >= 0.3 is 0 Å². The summed E-state index contributed by atoms with van der Waals surface area (Å²) in [5.74, 6) is 0.218. The van der Waals surface area contributed by atoms with Crippen molar-refractivity contribution in [3.63, 3.8) is 0 Å². The molecule has 6 heteroatoms. The van der Waals surface area contributed by atoms with Gasteiger partial charge in [0.1, 0.15) is 9.84 Å². The second-order valence-electron chi connectivity index (χ2n) is 5.09. The van der Waals surface area contributed by atoms with Gasteiger partial charge in [-0.25, -0.2) is 8.42 Å². The molecule has 1 aliphatic rings. The molecule has 5 nitrogen and oxygen atoms in total. The number of rotatable bonds is 6. The van der Waals surface area contributed by atoms with E-state index in [4.69, 9.17) is 0 Å². The number of likely N-dealkylation sites (N-methyl/N-ethyl adjacent to an activating group) is 1. The van der Waals surface area contributed by atoms with Crippen molar-refractivity contribution in [2.75, 3.05) is 58.3 Å². The molecule has 0 amide bonds. The highest BCUT2D eigenvalue weighted by atomic mass is 32.2. The Morgan fingerprint density at radius 2 is 1.82 bits per heavy atom. The largest absolute Gasteiger partial charge is 0.312 e. The van der Waals surface area contributed by atoms with Crippen molar-refractivity contribution in [3.05, 3.63) is 0 Å². The smallest absolute Gasteiger partial charge is 0.148 e. The minimum atomic E-state index is -2.87. The summed E-state index contributed by atoms with van der Waals surface area (Å²) in [5, 5.41) is 3.26. The zero-order valence-corrected chi connectivity index (χ0v) is 12.0. The van der Waals surface area contributed by atoms with E-state index in [1.807, 2.05) is 6.92 Å². The molecule has 0 saturated carbocycles. The molecule has 1 aliphatic heterocycles. The zero-order valence-electron chi connectivity index (χ0n) is 11.1. The summed E-state index contributed by atoms with van der Waals surface area (Å²) in [7, 11) is -0.726. The second kappa shape index (κ2) is 6.68. The topological polar surface area (TPSA) is 52.7 Å². The molecule has 1 unspecified atom stereocenters. The summed E-state index contributed by atoms with van der Waals surface area (Å²) < 4.78 is 22.2. The Hall–Kier alpha value is -0.170. The van der Waals surface area contributed by atoms with Crippen molar-refractivity contribution in [2.24, 2.45) is 0 Å². The van der Waals surface area contributed by atoms with Crippen LogP contribution in [0.3, 0.4) is 0 Å². The van der Waals surface area contributed by atoms with Crippen LogP contribution in [0.5, 0.6) is 0 Å². The van der Waals surface area contributed by atoms with Crippen LogP contribution in [0.4, 0.5) is 0 Å². The van der Waals surface area contributed by atoms with Crippen molar-refractivity contribution in [1.82, 2.24) is 15.1 Å². The number of piperazine rings is 1. The average Bonchev–Trinajstić information content (AvgIpc) is 2.18. The fourth-order valence-corrected chi connectivity index (χ4v) is 3.08. The molecule has 17 heavy (non-hydrogen) atoms. The van der Waals surface area contributed by atoms with E-state index in [0.29, 0.717) is 0 Å². The SMILES string of the molecule is CC(CS(C)(=O)=O)NCCN1CCN(C)CC1. The van der Waals surface area contributed by atoms with Crippen LogP contribution in [0.1, 0.15) is 6.92 Å². The number of nitrogens with one attached hydrogen (secondary N) is 1. The van der Waals surface area contributed by atoms with Gasteiger partial charge < -0.3 is 10.2 Å². The minimum Gasteiger partial charge on any atom is -0.312 e. The number of hydrogen-bond donors (Lipinski definition) is 1. The maximum Gasteiger partial charge on any atom is 0.148 e. The molecule has 0 aromatic carbocycles. The first-order valence-corrected chi connectivity index (χ1v) is 8.25. The van der Waals surface area contributed by atoms with Gasteiger partial charge in [0.25, 0.3) is 0 Å². The average molecular weight is 263 g/mol. The molecular formula is C11H25N3O2S. The molecule has 0 aromatic rings. The predicted molar refractivity (Wildman–Crippen MR) is 71.1 cm³/mol. The van der Waals surface area contributed by atoms with Crippen LogP contribution in [0.2, 0.25) is 0 Å². The van der Waals surface area contributed by atoms with E-state index >= 15 is 0 Å². The van der Waals surface area contributed by atoms with Crippen molar-refractivity contribution in [1.29, 1.82) is 0 Å². The quantitative estimate of drug-likeness (QED) is 0.684. The van der Waals surface area contributed by atoms with Crippen LogP contribution in [-0.2, 0) is 9.84 Å². The first-order valence-electron chi connectivity index (χ1n) is 6.19. The molecule has 1 rings (SSSR count). The number of nitrogens with zero attached hydrogens (tertiary/aromatic N) is 2. The molecule has 1 saturated heterocycles. The van der Waals surface area contributed by atoms with Crippen LogP contribution in [0.15, 0.2) is 0 Å². The van der Waals surface area contributed by atoms with Crippen LogP contribution < -0.4 is 5.32 Å². The van der Waals surface area contributed by atoms with Crippen molar-refractivity contribution >= 4 is 9.84 Å². The second-order valence-corrected chi connectivity index (χ2v) is 7.28. The highest BCUT2D eigenvalue weighted by molar-refractivity contribution is 7.90. The third-order valence-electron chi connectivity index (χ3n) is 3.07.